The summed E-state index contributed by atoms with van der Waals surface area (Å²) < 4.78 is 16.0. The Morgan fingerprint density at radius 2 is 1.61 bits per heavy atom. The lowest BCUT2D eigenvalue weighted by Gasteiger charge is -2.14. The van der Waals surface area contributed by atoms with Gasteiger partial charge in [0.15, 0.2) is 23.1 Å². The van der Waals surface area contributed by atoms with Gasteiger partial charge in [-0.15, -0.1) is 10.2 Å². The number of rotatable bonds is 7. The number of methoxy groups -OCH3 is 3. The maximum absolute atomic E-state index is 12.1. The van der Waals surface area contributed by atoms with Crippen LogP contribution in [0.15, 0.2) is 48.8 Å². The molecule has 0 radical (unpaired) electrons. The molecule has 0 aliphatic rings. The number of carbonyl (C=O) groups is 1. The van der Waals surface area contributed by atoms with Gasteiger partial charge in [0, 0.05) is 30.2 Å². The molecule has 0 fully saturated rings. The number of amides is 1. The number of pyridine rings is 1. The molecule has 1 amide bonds. The molecule has 0 spiro atoms. The molecule has 28 heavy (non-hydrogen) atoms. The number of anilines is 3. The Hall–Kier alpha value is -3.88. The van der Waals surface area contributed by atoms with Crippen molar-refractivity contribution >= 4 is 23.2 Å². The van der Waals surface area contributed by atoms with Gasteiger partial charge >= 0.3 is 0 Å². The minimum atomic E-state index is -0.312. The molecule has 1 aromatic carbocycles. The quantitative estimate of drug-likeness (QED) is 0.643. The van der Waals surface area contributed by atoms with Gasteiger partial charge < -0.3 is 24.8 Å². The second-order valence-corrected chi connectivity index (χ2v) is 5.54. The topological polar surface area (TPSA) is 107 Å². The third-order valence-electron chi connectivity index (χ3n) is 3.77. The van der Waals surface area contributed by atoms with Crippen LogP contribution >= 0.6 is 0 Å². The largest absolute Gasteiger partial charge is 0.493 e. The van der Waals surface area contributed by atoms with Gasteiger partial charge in [0.2, 0.25) is 5.75 Å². The molecular weight excluding hydrogens is 362 g/mol. The van der Waals surface area contributed by atoms with E-state index < -0.39 is 0 Å². The van der Waals surface area contributed by atoms with E-state index in [2.05, 4.69) is 25.8 Å². The second kappa shape index (κ2) is 8.67. The normalized spacial score (nSPS) is 10.1. The lowest BCUT2D eigenvalue weighted by molar-refractivity contribution is 0.102. The summed E-state index contributed by atoms with van der Waals surface area (Å²) in [5.74, 6) is 2.01. The van der Waals surface area contributed by atoms with Crippen LogP contribution in [0.4, 0.5) is 17.3 Å². The van der Waals surface area contributed by atoms with Crippen molar-refractivity contribution in [3.05, 3.63) is 54.4 Å². The highest BCUT2D eigenvalue weighted by atomic mass is 16.5. The standard InChI is InChI=1S/C19H19N5O4/c1-26-14-9-13(10-15(27-2)18(14)28-3)21-16-6-7-17(24-23-16)22-19(25)12-5-4-8-20-11-12/h4-11H,1-3H3,(H,21,23)(H,22,24,25). The van der Waals surface area contributed by atoms with Crippen LogP contribution < -0.4 is 24.8 Å². The van der Waals surface area contributed by atoms with E-state index >= 15 is 0 Å². The number of hydrogen-bond donors (Lipinski definition) is 2. The molecule has 2 N–H and O–H groups in total. The molecule has 3 aromatic rings. The fourth-order valence-corrected chi connectivity index (χ4v) is 2.45. The summed E-state index contributed by atoms with van der Waals surface area (Å²) in [5.41, 5.74) is 1.11. The first-order valence-corrected chi connectivity index (χ1v) is 8.26. The van der Waals surface area contributed by atoms with Crippen molar-refractivity contribution < 1.29 is 19.0 Å². The summed E-state index contributed by atoms with van der Waals surface area (Å²) >= 11 is 0. The highest BCUT2D eigenvalue weighted by molar-refractivity contribution is 6.03. The number of carbonyl (C=O) groups excluding carboxylic acids is 1. The first-order valence-electron chi connectivity index (χ1n) is 8.26. The van der Waals surface area contributed by atoms with E-state index in [4.69, 9.17) is 14.2 Å². The van der Waals surface area contributed by atoms with Crippen LogP contribution in [0.1, 0.15) is 10.4 Å². The van der Waals surface area contributed by atoms with E-state index in [9.17, 15) is 4.79 Å². The van der Waals surface area contributed by atoms with Crippen LogP contribution in [0, 0.1) is 0 Å². The molecule has 0 unspecified atom stereocenters. The fourth-order valence-electron chi connectivity index (χ4n) is 2.45. The van der Waals surface area contributed by atoms with Crippen LogP contribution in [0.25, 0.3) is 0 Å². The van der Waals surface area contributed by atoms with Crippen molar-refractivity contribution in [1.82, 2.24) is 15.2 Å². The molecular formula is C19H19N5O4. The number of nitrogens with one attached hydrogen (secondary N) is 2. The molecule has 0 aliphatic heterocycles. The zero-order valence-corrected chi connectivity index (χ0v) is 15.6. The third-order valence-corrected chi connectivity index (χ3v) is 3.77. The molecule has 2 aromatic heterocycles. The molecule has 0 atom stereocenters. The Labute approximate surface area is 161 Å². The molecule has 144 valence electrons. The second-order valence-electron chi connectivity index (χ2n) is 5.54. The van der Waals surface area contributed by atoms with Crippen molar-refractivity contribution in [2.45, 2.75) is 0 Å². The summed E-state index contributed by atoms with van der Waals surface area (Å²) in [4.78, 5) is 16.0. The van der Waals surface area contributed by atoms with Gasteiger partial charge in [-0.1, -0.05) is 0 Å². The van der Waals surface area contributed by atoms with E-state index in [0.29, 0.717) is 40.1 Å². The first-order chi connectivity index (χ1) is 13.6. The van der Waals surface area contributed by atoms with Gasteiger partial charge in [0.05, 0.1) is 26.9 Å². The number of hydrogen-bond acceptors (Lipinski definition) is 8. The van der Waals surface area contributed by atoms with E-state index in [0.717, 1.165) is 0 Å². The van der Waals surface area contributed by atoms with Gasteiger partial charge in [-0.25, -0.2) is 0 Å². The summed E-state index contributed by atoms with van der Waals surface area (Å²) in [7, 11) is 4.62. The van der Waals surface area contributed by atoms with Crippen LogP contribution in [0.5, 0.6) is 17.2 Å². The van der Waals surface area contributed by atoms with Crippen LogP contribution in [-0.4, -0.2) is 42.4 Å². The smallest absolute Gasteiger partial charge is 0.258 e. The summed E-state index contributed by atoms with van der Waals surface area (Å²) in [6, 6.07) is 10.2. The van der Waals surface area contributed by atoms with Gasteiger partial charge in [-0.3, -0.25) is 9.78 Å². The zero-order chi connectivity index (χ0) is 19.9. The molecule has 0 saturated carbocycles. The SMILES string of the molecule is COc1cc(Nc2ccc(NC(=O)c3cccnc3)nn2)cc(OC)c1OC. The Kier molecular flexibility index (Phi) is 5.85. The van der Waals surface area contributed by atoms with Crippen LogP contribution in [0.3, 0.4) is 0 Å². The first kappa shape index (κ1) is 18.9. The maximum atomic E-state index is 12.1. The lowest BCUT2D eigenvalue weighted by Crippen LogP contribution is -2.13. The molecule has 9 nitrogen and oxygen atoms in total. The van der Waals surface area contributed by atoms with Crippen molar-refractivity contribution in [3.8, 4) is 17.2 Å². The van der Waals surface area contributed by atoms with Crippen LogP contribution in [0.2, 0.25) is 0 Å². The molecule has 2 heterocycles. The van der Waals surface area contributed by atoms with E-state index in [1.165, 1.54) is 13.3 Å². The average Bonchev–Trinajstić information content (AvgIpc) is 2.75. The van der Waals surface area contributed by atoms with E-state index in [1.807, 2.05) is 0 Å². The molecule has 9 heteroatoms. The van der Waals surface area contributed by atoms with Crippen molar-refractivity contribution in [3.63, 3.8) is 0 Å². The lowest BCUT2D eigenvalue weighted by atomic mass is 10.2. The zero-order valence-electron chi connectivity index (χ0n) is 15.6. The van der Waals surface area contributed by atoms with E-state index in [1.54, 1.807) is 56.8 Å². The predicted molar refractivity (Wildman–Crippen MR) is 104 cm³/mol. The summed E-state index contributed by atoms with van der Waals surface area (Å²) in [6.45, 7) is 0. The van der Waals surface area contributed by atoms with Gasteiger partial charge in [-0.2, -0.15) is 0 Å². The third kappa shape index (κ3) is 4.26. The van der Waals surface area contributed by atoms with Gasteiger partial charge in [-0.05, 0) is 24.3 Å². The number of nitrogens with zero attached hydrogens (tertiary/aromatic N) is 3. The molecule has 0 bridgehead atoms. The Bertz CT molecular complexity index is 923. The van der Waals surface area contributed by atoms with Crippen molar-refractivity contribution in [2.24, 2.45) is 0 Å². The minimum Gasteiger partial charge on any atom is -0.493 e. The predicted octanol–water partition coefficient (Wildman–Crippen LogP) is 2.89. The maximum Gasteiger partial charge on any atom is 0.258 e. The van der Waals surface area contributed by atoms with E-state index in [-0.39, 0.29) is 5.91 Å². The summed E-state index contributed by atoms with van der Waals surface area (Å²) in [5, 5.41) is 13.8. The summed E-state index contributed by atoms with van der Waals surface area (Å²) in [6.07, 6.45) is 3.07. The number of aromatic nitrogens is 3. The van der Waals surface area contributed by atoms with Crippen molar-refractivity contribution in [1.29, 1.82) is 0 Å². The average molecular weight is 381 g/mol. The molecule has 0 saturated heterocycles. The van der Waals surface area contributed by atoms with Crippen LogP contribution in [-0.2, 0) is 0 Å². The molecule has 3 rings (SSSR count). The number of benzene rings is 1. The van der Waals surface area contributed by atoms with Crippen molar-refractivity contribution in [2.75, 3.05) is 32.0 Å². The minimum absolute atomic E-state index is 0.312. The monoisotopic (exact) mass is 381 g/mol. The number of ether oxygens (including phenoxy) is 3. The Morgan fingerprint density at radius 1 is 0.929 bits per heavy atom. The fraction of sp³-hybridized carbons (Fsp3) is 0.158. The highest BCUT2D eigenvalue weighted by Crippen LogP contribution is 2.40. The highest BCUT2D eigenvalue weighted by Gasteiger charge is 2.14. The van der Waals surface area contributed by atoms with Gasteiger partial charge in [0.25, 0.3) is 5.91 Å². The Balaban J connectivity index is 1.73. The Morgan fingerprint density at radius 3 is 2.14 bits per heavy atom. The van der Waals surface area contributed by atoms with Gasteiger partial charge in [0.1, 0.15) is 0 Å². The molecule has 0 aliphatic carbocycles.